The highest BCUT2D eigenvalue weighted by Crippen LogP contribution is 2.40. The molecule has 1 fully saturated rings. The van der Waals surface area contributed by atoms with E-state index in [-0.39, 0.29) is 11.5 Å². The number of carboxylic acids is 1. The summed E-state index contributed by atoms with van der Waals surface area (Å²) in [5, 5.41) is 13.6. The Kier molecular flexibility index (Phi) is 4.28. The molecule has 0 bridgehead atoms. The van der Waals surface area contributed by atoms with E-state index in [0.29, 0.717) is 43.7 Å². The summed E-state index contributed by atoms with van der Waals surface area (Å²) in [6.07, 6.45) is 3.33. The summed E-state index contributed by atoms with van der Waals surface area (Å²) in [6.45, 7) is 1.13. The van der Waals surface area contributed by atoms with Crippen LogP contribution in [-0.2, 0) is 16.0 Å². The lowest BCUT2D eigenvalue weighted by molar-refractivity contribution is -0.134. The van der Waals surface area contributed by atoms with E-state index in [2.05, 4.69) is 0 Å². The van der Waals surface area contributed by atoms with Crippen LogP contribution in [0.2, 0.25) is 0 Å². The number of benzene rings is 1. The van der Waals surface area contributed by atoms with Crippen LogP contribution in [0, 0.1) is 0 Å². The van der Waals surface area contributed by atoms with Gasteiger partial charge in [0.2, 0.25) is 5.91 Å². The number of piperidine rings is 1. The molecule has 0 atom stereocenters. The molecule has 1 aromatic heterocycles. The Morgan fingerprint density at radius 2 is 1.96 bits per heavy atom. The van der Waals surface area contributed by atoms with E-state index in [9.17, 15) is 14.7 Å². The predicted molar refractivity (Wildman–Crippen MR) is 99.3 cm³/mol. The van der Waals surface area contributed by atoms with Crippen molar-refractivity contribution in [2.75, 3.05) is 13.1 Å². The fourth-order valence-electron chi connectivity index (χ4n) is 3.61. The lowest BCUT2D eigenvalue weighted by Gasteiger charge is -2.42. The molecule has 134 valence electrons. The molecule has 1 spiro atoms. The number of para-hydroxylation sites is 1. The summed E-state index contributed by atoms with van der Waals surface area (Å²) in [6, 6.07) is 9.19. The summed E-state index contributed by atoms with van der Waals surface area (Å²) >= 11 is 1.59. The highest BCUT2D eigenvalue weighted by molar-refractivity contribution is 7.08. The number of amides is 1. The van der Waals surface area contributed by atoms with Crippen LogP contribution in [0.15, 0.2) is 47.2 Å². The Balaban J connectivity index is 1.51. The zero-order valence-electron chi connectivity index (χ0n) is 14.2. The molecule has 0 unspecified atom stereocenters. The average molecular weight is 369 g/mol. The number of likely N-dealkylation sites (tertiary alicyclic amines) is 1. The number of hydrogen-bond acceptors (Lipinski definition) is 4. The van der Waals surface area contributed by atoms with Gasteiger partial charge in [0.1, 0.15) is 11.4 Å². The van der Waals surface area contributed by atoms with Crippen LogP contribution in [0.3, 0.4) is 0 Å². The number of carboxylic acid groups (broad SMARTS) is 1. The molecule has 1 amide bonds. The molecular formula is C20H19NO4S. The third-order valence-corrected chi connectivity index (χ3v) is 5.76. The van der Waals surface area contributed by atoms with E-state index in [1.807, 2.05) is 33.9 Å². The first-order valence-electron chi connectivity index (χ1n) is 8.60. The highest BCUT2D eigenvalue weighted by Gasteiger charge is 2.40. The molecule has 0 radical (unpaired) electrons. The smallest absolute Gasteiger partial charge is 0.336 e. The molecule has 3 heterocycles. The van der Waals surface area contributed by atoms with E-state index in [4.69, 9.17) is 4.74 Å². The standard InChI is InChI=1S/C20H19NO4S/c22-18(11-14-5-10-26-13-14)21-8-6-20(7-9-21)12-16(19(23)24)15-3-1-2-4-17(15)25-20/h1-5,10,12-13H,6-9,11H2,(H,23,24). The normalized spacial score (nSPS) is 18.0. The van der Waals surface area contributed by atoms with Gasteiger partial charge in [-0.25, -0.2) is 4.79 Å². The third-order valence-electron chi connectivity index (χ3n) is 5.03. The second kappa shape index (κ2) is 6.61. The number of nitrogens with zero attached hydrogens (tertiary/aromatic N) is 1. The zero-order valence-corrected chi connectivity index (χ0v) is 15.0. The predicted octanol–water partition coefficient (Wildman–Crippen LogP) is 3.21. The van der Waals surface area contributed by atoms with Crippen molar-refractivity contribution < 1.29 is 19.4 Å². The number of ether oxygens (including phenoxy) is 1. The minimum atomic E-state index is -0.948. The van der Waals surface area contributed by atoms with Crippen LogP contribution in [0.1, 0.15) is 24.0 Å². The van der Waals surface area contributed by atoms with Crippen molar-refractivity contribution in [2.24, 2.45) is 0 Å². The topological polar surface area (TPSA) is 66.8 Å². The number of carbonyl (C=O) groups is 2. The number of rotatable bonds is 3. The highest BCUT2D eigenvalue weighted by atomic mass is 32.1. The van der Waals surface area contributed by atoms with E-state index < -0.39 is 11.6 Å². The van der Waals surface area contributed by atoms with Crippen LogP contribution >= 0.6 is 11.3 Å². The molecule has 4 rings (SSSR count). The quantitative estimate of drug-likeness (QED) is 0.902. The molecule has 0 saturated carbocycles. The molecule has 1 aromatic carbocycles. The second-order valence-electron chi connectivity index (χ2n) is 6.72. The summed E-state index contributed by atoms with van der Waals surface area (Å²) in [5.41, 5.74) is 1.28. The van der Waals surface area contributed by atoms with Gasteiger partial charge in [-0.15, -0.1) is 0 Å². The number of aliphatic carboxylic acids is 1. The van der Waals surface area contributed by atoms with Gasteiger partial charge in [0.25, 0.3) is 0 Å². The fraction of sp³-hybridized carbons (Fsp3) is 0.300. The molecule has 1 N–H and O–H groups in total. The van der Waals surface area contributed by atoms with E-state index in [0.717, 1.165) is 5.56 Å². The Morgan fingerprint density at radius 3 is 2.65 bits per heavy atom. The Bertz CT molecular complexity index is 864. The van der Waals surface area contributed by atoms with E-state index >= 15 is 0 Å². The van der Waals surface area contributed by atoms with Crippen LogP contribution in [0.4, 0.5) is 0 Å². The Labute approximate surface area is 155 Å². The van der Waals surface area contributed by atoms with Gasteiger partial charge in [0.15, 0.2) is 0 Å². The molecular weight excluding hydrogens is 350 g/mol. The monoisotopic (exact) mass is 369 g/mol. The average Bonchev–Trinajstić information content (AvgIpc) is 3.14. The van der Waals surface area contributed by atoms with Crippen LogP contribution in [-0.4, -0.2) is 40.6 Å². The maximum absolute atomic E-state index is 12.5. The van der Waals surface area contributed by atoms with Crippen molar-refractivity contribution in [1.82, 2.24) is 4.90 Å². The summed E-state index contributed by atoms with van der Waals surface area (Å²) in [4.78, 5) is 26.0. The lowest BCUT2D eigenvalue weighted by atomic mass is 9.85. The van der Waals surface area contributed by atoms with Gasteiger partial charge >= 0.3 is 5.97 Å². The van der Waals surface area contributed by atoms with Gasteiger partial charge in [0, 0.05) is 31.5 Å². The molecule has 26 heavy (non-hydrogen) atoms. The van der Waals surface area contributed by atoms with Crippen LogP contribution in [0.25, 0.3) is 5.57 Å². The van der Waals surface area contributed by atoms with E-state index in [1.165, 1.54) is 0 Å². The number of fused-ring (bicyclic) bond motifs is 1. The first kappa shape index (κ1) is 16.8. The largest absolute Gasteiger partial charge is 0.482 e. The minimum absolute atomic E-state index is 0.108. The van der Waals surface area contributed by atoms with E-state index in [1.54, 1.807) is 29.5 Å². The maximum atomic E-state index is 12.5. The first-order chi connectivity index (χ1) is 12.6. The van der Waals surface area contributed by atoms with Gasteiger partial charge in [-0.05, 0) is 34.5 Å². The number of carbonyl (C=O) groups excluding carboxylic acids is 1. The van der Waals surface area contributed by atoms with Crippen molar-refractivity contribution >= 4 is 28.8 Å². The molecule has 6 heteroatoms. The molecule has 2 aromatic rings. The maximum Gasteiger partial charge on any atom is 0.336 e. The van der Waals surface area contributed by atoms with Crippen molar-refractivity contribution in [2.45, 2.75) is 24.9 Å². The molecule has 5 nitrogen and oxygen atoms in total. The van der Waals surface area contributed by atoms with Crippen LogP contribution < -0.4 is 4.74 Å². The van der Waals surface area contributed by atoms with Gasteiger partial charge in [-0.3, -0.25) is 4.79 Å². The Hall–Kier alpha value is -2.60. The zero-order chi connectivity index (χ0) is 18.1. The summed E-state index contributed by atoms with van der Waals surface area (Å²) in [5.74, 6) is -0.238. The fourth-order valence-corrected chi connectivity index (χ4v) is 4.27. The van der Waals surface area contributed by atoms with Gasteiger partial charge in [-0.1, -0.05) is 18.2 Å². The molecule has 0 aliphatic carbocycles. The van der Waals surface area contributed by atoms with Crippen LogP contribution in [0.5, 0.6) is 5.75 Å². The number of thiophene rings is 1. The van der Waals surface area contributed by atoms with Crippen molar-refractivity contribution in [3.05, 3.63) is 58.3 Å². The molecule has 2 aliphatic heterocycles. The second-order valence-corrected chi connectivity index (χ2v) is 7.50. The van der Waals surface area contributed by atoms with Gasteiger partial charge < -0.3 is 14.7 Å². The third kappa shape index (κ3) is 3.12. The first-order valence-corrected chi connectivity index (χ1v) is 9.54. The van der Waals surface area contributed by atoms with Crippen molar-refractivity contribution in [1.29, 1.82) is 0 Å². The number of hydrogen-bond donors (Lipinski definition) is 1. The molecule has 2 aliphatic rings. The lowest BCUT2D eigenvalue weighted by Crippen LogP contribution is -2.50. The van der Waals surface area contributed by atoms with Crippen molar-refractivity contribution in [3.8, 4) is 5.75 Å². The SMILES string of the molecule is O=C(O)C1=CC2(CCN(C(=O)Cc3ccsc3)CC2)Oc2ccccc21. The molecule has 1 saturated heterocycles. The van der Waals surface area contributed by atoms with Gasteiger partial charge in [-0.2, -0.15) is 11.3 Å². The minimum Gasteiger partial charge on any atom is -0.482 e. The Morgan fingerprint density at radius 1 is 1.19 bits per heavy atom. The summed E-state index contributed by atoms with van der Waals surface area (Å²) in [7, 11) is 0. The van der Waals surface area contributed by atoms with Crippen molar-refractivity contribution in [3.63, 3.8) is 0 Å². The van der Waals surface area contributed by atoms with Gasteiger partial charge in [0.05, 0.1) is 12.0 Å². The summed E-state index contributed by atoms with van der Waals surface area (Å²) < 4.78 is 6.20.